The lowest BCUT2D eigenvalue weighted by Gasteiger charge is -2.02. The van der Waals surface area contributed by atoms with Gasteiger partial charge in [-0.1, -0.05) is 23.7 Å². The number of nitro groups is 1. The second-order valence-electron chi connectivity index (χ2n) is 5.42. The minimum Gasteiger partial charge on any atom is -0.475 e. The van der Waals surface area contributed by atoms with Crippen LogP contribution in [0.3, 0.4) is 0 Å². The molecule has 0 atom stereocenters. The fourth-order valence-corrected chi connectivity index (χ4v) is 2.39. The summed E-state index contributed by atoms with van der Waals surface area (Å²) >= 11 is 5.85. The fourth-order valence-electron chi connectivity index (χ4n) is 2.26. The maximum Gasteiger partial charge on any atom is 0.350 e. The van der Waals surface area contributed by atoms with Crippen molar-refractivity contribution in [2.45, 2.75) is 13.1 Å². The lowest BCUT2D eigenvalue weighted by Crippen LogP contribution is -2.20. The van der Waals surface area contributed by atoms with Gasteiger partial charge in [0.05, 0.1) is 18.6 Å². The number of carbonyl (C=O) groups excluding carboxylic acids is 1. The molecule has 0 fully saturated rings. The number of amides is 1. The van der Waals surface area contributed by atoms with Gasteiger partial charge < -0.3 is 4.74 Å². The summed E-state index contributed by atoms with van der Waals surface area (Å²) in [4.78, 5) is 26.3. The smallest absolute Gasteiger partial charge is 0.350 e. The quantitative estimate of drug-likeness (QED) is 0.479. The van der Waals surface area contributed by atoms with Gasteiger partial charge in [0.25, 0.3) is 0 Å². The average Bonchev–Trinajstić information content (AvgIpc) is 3.23. The number of methoxy groups -OCH3 is 1. The van der Waals surface area contributed by atoms with Crippen LogP contribution in [-0.2, 0) is 17.9 Å². The van der Waals surface area contributed by atoms with Crippen LogP contribution in [0.4, 0.5) is 11.6 Å². The number of rotatable bonds is 7. The van der Waals surface area contributed by atoms with Crippen molar-refractivity contribution in [2.24, 2.45) is 0 Å². The number of nitrogens with zero attached hydrogens (tertiary/aromatic N) is 6. The van der Waals surface area contributed by atoms with Crippen LogP contribution in [0.25, 0.3) is 0 Å². The van der Waals surface area contributed by atoms with Crippen LogP contribution in [0.2, 0.25) is 5.02 Å². The molecular weight excluding hydrogens is 378 g/mol. The molecule has 0 saturated heterocycles. The zero-order valence-electron chi connectivity index (χ0n) is 14.1. The summed E-state index contributed by atoms with van der Waals surface area (Å²) in [5.41, 5.74) is 0.647. The molecule has 12 heteroatoms. The second kappa shape index (κ2) is 7.83. The molecule has 27 heavy (non-hydrogen) atoms. The van der Waals surface area contributed by atoms with E-state index in [-0.39, 0.29) is 24.1 Å². The zero-order chi connectivity index (χ0) is 19.4. The highest BCUT2D eigenvalue weighted by atomic mass is 35.5. The van der Waals surface area contributed by atoms with E-state index in [1.165, 1.54) is 13.4 Å². The van der Waals surface area contributed by atoms with Gasteiger partial charge in [0.15, 0.2) is 0 Å². The van der Waals surface area contributed by atoms with E-state index in [1.807, 2.05) is 12.1 Å². The molecule has 0 saturated carbocycles. The largest absolute Gasteiger partial charge is 0.475 e. The van der Waals surface area contributed by atoms with Gasteiger partial charge in [-0.3, -0.25) is 24.9 Å². The summed E-state index contributed by atoms with van der Waals surface area (Å²) < 4.78 is 7.48. The number of halogens is 1. The number of benzene rings is 1. The fraction of sp³-hybridized carbons (Fsp3) is 0.200. The molecule has 0 spiro atoms. The first-order valence-electron chi connectivity index (χ1n) is 7.64. The minimum atomic E-state index is -0.639. The number of hydrogen-bond donors (Lipinski definition) is 1. The van der Waals surface area contributed by atoms with E-state index < -0.39 is 10.8 Å². The molecule has 2 aromatic heterocycles. The van der Waals surface area contributed by atoms with Crippen LogP contribution in [0.15, 0.2) is 36.8 Å². The van der Waals surface area contributed by atoms with Gasteiger partial charge in [-0.2, -0.15) is 0 Å². The standard InChI is InChI=1S/C15H14ClN7O4/c1-27-14-12(23(25)26)7-21(19-14)8-13(24)18-15-17-9-22(20-15)6-10-2-4-11(16)5-3-10/h2-5,7,9H,6,8H2,1H3,(H,18,20,24). The number of nitrogens with one attached hydrogen (secondary N) is 1. The Morgan fingerprint density at radius 1 is 1.30 bits per heavy atom. The maximum absolute atomic E-state index is 12.1. The number of hydrogen-bond acceptors (Lipinski definition) is 7. The first-order valence-corrected chi connectivity index (χ1v) is 8.02. The molecule has 2 heterocycles. The monoisotopic (exact) mass is 391 g/mol. The predicted molar refractivity (Wildman–Crippen MR) is 94.6 cm³/mol. The molecule has 0 aliphatic rings. The van der Waals surface area contributed by atoms with E-state index in [2.05, 4.69) is 20.5 Å². The van der Waals surface area contributed by atoms with E-state index in [4.69, 9.17) is 16.3 Å². The molecule has 0 unspecified atom stereocenters. The average molecular weight is 392 g/mol. The Bertz CT molecular complexity index is 967. The first-order chi connectivity index (χ1) is 12.9. The molecule has 11 nitrogen and oxygen atoms in total. The van der Waals surface area contributed by atoms with Crippen molar-refractivity contribution in [2.75, 3.05) is 12.4 Å². The van der Waals surface area contributed by atoms with Gasteiger partial charge in [0, 0.05) is 5.02 Å². The summed E-state index contributed by atoms with van der Waals surface area (Å²) in [6.07, 6.45) is 2.59. The summed E-state index contributed by atoms with van der Waals surface area (Å²) in [7, 11) is 1.26. The van der Waals surface area contributed by atoms with Gasteiger partial charge in [-0.05, 0) is 17.7 Å². The Hall–Kier alpha value is -3.47. The summed E-state index contributed by atoms with van der Waals surface area (Å²) in [5.74, 6) is -0.542. The zero-order valence-corrected chi connectivity index (χ0v) is 14.8. The number of carbonyl (C=O) groups is 1. The second-order valence-corrected chi connectivity index (χ2v) is 5.86. The molecule has 0 bridgehead atoms. The SMILES string of the molecule is COc1nn(CC(=O)Nc2ncn(Cc3ccc(Cl)cc3)n2)cc1[N+](=O)[O-]. The van der Waals surface area contributed by atoms with Gasteiger partial charge in [-0.25, -0.2) is 9.67 Å². The van der Waals surface area contributed by atoms with Crippen molar-refractivity contribution in [3.8, 4) is 5.88 Å². The van der Waals surface area contributed by atoms with E-state index in [0.29, 0.717) is 11.6 Å². The summed E-state index contributed by atoms with van der Waals surface area (Å²) in [5, 5.41) is 22.0. The highest BCUT2D eigenvalue weighted by molar-refractivity contribution is 6.30. The summed E-state index contributed by atoms with van der Waals surface area (Å²) in [6, 6.07) is 7.27. The maximum atomic E-state index is 12.1. The third-order valence-electron chi connectivity index (χ3n) is 3.45. The van der Waals surface area contributed by atoms with Crippen molar-refractivity contribution >= 4 is 29.1 Å². The Morgan fingerprint density at radius 3 is 2.67 bits per heavy atom. The molecule has 0 radical (unpaired) electrons. The lowest BCUT2D eigenvalue weighted by molar-refractivity contribution is -0.385. The Labute approximate surface area is 157 Å². The highest BCUT2D eigenvalue weighted by Gasteiger charge is 2.21. The lowest BCUT2D eigenvalue weighted by atomic mass is 10.2. The molecule has 0 aliphatic heterocycles. The van der Waals surface area contributed by atoms with Crippen LogP contribution in [0.5, 0.6) is 5.88 Å². The van der Waals surface area contributed by atoms with E-state index in [1.54, 1.807) is 16.8 Å². The van der Waals surface area contributed by atoms with Crippen LogP contribution in [0, 0.1) is 10.1 Å². The number of anilines is 1. The van der Waals surface area contributed by atoms with Crippen molar-refractivity contribution in [3.63, 3.8) is 0 Å². The molecule has 3 rings (SSSR count). The molecular formula is C15H14ClN7O4. The van der Waals surface area contributed by atoms with Crippen molar-refractivity contribution in [3.05, 3.63) is 57.5 Å². The van der Waals surface area contributed by atoms with Crippen LogP contribution in [-0.4, -0.2) is 42.5 Å². The van der Waals surface area contributed by atoms with Gasteiger partial charge in [-0.15, -0.1) is 10.2 Å². The van der Waals surface area contributed by atoms with Gasteiger partial charge in [0.1, 0.15) is 19.1 Å². The van der Waals surface area contributed by atoms with Crippen LogP contribution >= 0.6 is 11.6 Å². The van der Waals surface area contributed by atoms with Crippen LogP contribution in [0.1, 0.15) is 5.56 Å². The van der Waals surface area contributed by atoms with Gasteiger partial charge >= 0.3 is 11.6 Å². The molecule has 1 aromatic carbocycles. The molecule has 3 aromatic rings. The van der Waals surface area contributed by atoms with Crippen molar-refractivity contribution in [1.82, 2.24) is 24.5 Å². The number of aromatic nitrogens is 5. The third-order valence-corrected chi connectivity index (χ3v) is 3.70. The van der Waals surface area contributed by atoms with Crippen molar-refractivity contribution in [1.29, 1.82) is 0 Å². The van der Waals surface area contributed by atoms with E-state index >= 15 is 0 Å². The Kier molecular flexibility index (Phi) is 5.31. The molecule has 0 aliphatic carbocycles. The molecule has 1 N–H and O–H groups in total. The third kappa shape index (κ3) is 4.58. The van der Waals surface area contributed by atoms with Gasteiger partial charge in [0.2, 0.25) is 11.9 Å². The summed E-state index contributed by atoms with van der Waals surface area (Å²) in [6.45, 7) is 0.207. The normalized spacial score (nSPS) is 10.6. The Morgan fingerprint density at radius 2 is 2.04 bits per heavy atom. The topological polar surface area (TPSA) is 130 Å². The van der Waals surface area contributed by atoms with E-state index in [0.717, 1.165) is 16.4 Å². The highest BCUT2D eigenvalue weighted by Crippen LogP contribution is 2.23. The molecule has 1 amide bonds. The predicted octanol–water partition coefficient (Wildman–Crippen LogP) is 1.73. The minimum absolute atomic E-state index is 0.114. The molecule has 140 valence electrons. The first kappa shape index (κ1) is 18.3. The van der Waals surface area contributed by atoms with Crippen LogP contribution < -0.4 is 10.1 Å². The van der Waals surface area contributed by atoms with E-state index in [9.17, 15) is 14.9 Å². The van der Waals surface area contributed by atoms with Crippen molar-refractivity contribution < 1.29 is 14.5 Å². The Balaban J connectivity index is 1.61. The number of ether oxygens (including phenoxy) is 1.